The number of pyridine rings is 1. The Labute approximate surface area is 101 Å². The fourth-order valence-corrected chi connectivity index (χ4v) is 1.58. The number of hydrogen-bond donors (Lipinski definition) is 1. The highest BCUT2D eigenvalue weighted by atomic mass is 19.1. The van der Waals surface area contributed by atoms with Gasteiger partial charge in [-0.1, -0.05) is 20.3 Å². The van der Waals surface area contributed by atoms with E-state index >= 15 is 0 Å². The molecule has 0 fully saturated rings. The third kappa shape index (κ3) is 3.28. The first-order chi connectivity index (χ1) is 7.99. The van der Waals surface area contributed by atoms with Gasteiger partial charge in [0, 0.05) is 26.7 Å². The molecular formula is C12H19F2N3. The Hall–Kier alpha value is -1.39. The molecule has 0 amide bonds. The van der Waals surface area contributed by atoms with E-state index in [1.54, 1.807) is 19.0 Å². The molecule has 0 radical (unpaired) electrons. The number of hydrogen-bond acceptors (Lipinski definition) is 3. The zero-order valence-corrected chi connectivity index (χ0v) is 10.7. The third-order valence-electron chi connectivity index (χ3n) is 2.79. The highest BCUT2D eigenvalue weighted by Crippen LogP contribution is 2.22. The Morgan fingerprint density at radius 1 is 1.41 bits per heavy atom. The molecule has 0 saturated heterocycles. The van der Waals surface area contributed by atoms with Gasteiger partial charge in [-0.2, -0.15) is 0 Å². The van der Waals surface area contributed by atoms with Crippen LogP contribution in [-0.4, -0.2) is 25.6 Å². The lowest BCUT2D eigenvalue weighted by Crippen LogP contribution is -2.26. The van der Waals surface area contributed by atoms with E-state index in [0.717, 1.165) is 12.5 Å². The fourth-order valence-electron chi connectivity index (χ4n) is 1.58. The molecule has 17 heavy (non-hydrogen) atoms. The van der Waals surface area contributed by atoms with Gasteiger partial charge < -0.3 is 10.2 Å². The molecule has 1 unspecified atom stereocenters. The molecule has 1 aromatic heterocycles. The zero-order valence-electron chi connectivity index (χ0n) is 10.7. The highest BCUT2D eigenvalue weighted by molar-refractivity contribution is 5.48. The van der Waals surface area contributed by atoms with Crippen molar-refractivity contribution in [2.75, 3.05) is 30.9 Å². The van der Waals surface area contributed by atoms with Gasteiger partial charge in [-0.15, -0.1) is 0 Å². The molecule has 0 aliphatic rings. The molecule has 1 atom stereocenters. The summed E-state index contributed by atoms with van der Waals surface area (Å²) in [6, 6.07) is 0.862. The van der Waals surface area contributed by atoms with E-state index in [4.69, 9.17) is 0 Å². The van der Waals surface area contributed by atoms with E-state index in [1.165, 1.54) is 0 Å². The molecular weight excluding hydrogens is 224 g/mol. The Morgan fingerprint density at radius 2 is 2.06 bits per heavy atom. The summed E-state index contributed by atoms with van der Waals surface area (Å²) in [6.07, 6.45) is 1.01. The van der Waals surface area contributed by atoms with Gasteiger partial charge in [0.2, 0.25) is 0 Å². The molecule has 1 rings (SSSR count). The maximum Gasteiger partial charge on any atom is 0.168 e. The number of halogens is 2. The van der Waals surface area contributed by atoms with Crippen molar-refractivity contribution < 1.29 is 8.78 Å². The monoisotopic (exact) mass is 243 g/mol. The van der Waals surface area contributed by atoms with Gasteiger partial charge in [0.15, 0.2) is 23.3 Å². The maximum absolute atomic E-state index is 13.6. The van der Waals surface area contributed by atoms with Crippen LogP contribution in [0.25, 0.3) is 0 Å². The van der Waals surface area contributed by atoms with Crippen molar-refractivity contribution in [1.29, 1.82) is 0 Å². The van der Waals surface area contributed by atoms with E-state index in [2.05, 4.69) is 24.1 Å². The lowest BCUT2D eigenvalue weighted by atomic mass is 10.1. The molecule has 0 bridgehead atoms. The van der Waals surface area contributed by atoms with Crippen molar-refractivity contribution in [3.63, 3.8) is 0 Å². The standard InChI is InChI=1S/C12H19F2N3/c1-5-8(2)7-17(4)12-10(14)6-9(13)11(15-3)16-12/h6,8H,5,7H2,1-4H3,(H,15,16). The van der Waals surface area contributed by atoms with Gasteiger partial charge >= 0.3 is 0 Å². The predicted molar refractivity (Wildman–Crippen MR) is 66.4 cm³/mol. The minimum absolute atomic E-state index is 0.0670. The van der Waals surface area contributed by atoms with Crippen LogP contribution in [0.2, 0.25) is 0 Å². The second kappa shape index (κ2) is 5.80. The molecule has 1 heterocycles. The third-order valence-corrected chi connectivity index (χ3v) is 2.79. The normalized spacial score (nSPS) is 12.4. The van der Waals surface area contributed by atoms with E-state index in [0.29, 0.717) is 12.5 Å². The van der Waals surface area contributed by atoms with Gasteiger partial charge in [0.25, 0.3) is 0 Å². The van der Waals surface area contributed by atoms with Crippen LogP contribution in [0.15, 0.2) is 6.07 Å². The first-order valence-electron chi connectivity index (χ1n) is 5.74. The Morgan fingerprint density at radius 3 is 2.59 bits per heavy atom. The first-order valence-corrected chi connectivity index (χ1v) is 5.74. The highest BCUT2D eigenvalue weighted by Gasteiger charge is 2.15. The number of rotatable bonds is 5. The van der Waals surface area contributed by atoms with Crippen molar-refractivity contribution in [3.05, 3.63) is 17.7 Å². The summed E-state index contributed by atoms with van der Waals surface area (Å²) in [5.41, 5.74) is 0. The zero-order chi connectivity index (χ0) is 13.0. The minimum atomic E-state index is -0.675. The lowest BCUT2D eigenvalue weighted by Gasteiger charge is -2.22. The molecule has 0 spiro atoms. The van der Waals surface area contributed by atoms with Crippen LogP contribution in [0, 0.1) is 17.6 Å². The summed E-state index contributed by atoms with van der Waals surface area (Å²) in [5.74, 6) is -0.629. The van der Waals surface area contributed by atoms with Crippen molar-refractivity contribution in [2.45, 2.75) is 20.3 Å². The van der Waals surface area contributed by atoms with Crippen LogP contribution in [0.3, 0.4) is 0 Å². The molecule has 3 nitrogen and oxygen atoms in total. The van der Waals surface area contributed by atoms with E-state index < -0.39 is 11.6 Å². The molecule has 0 aliphatic carbocycles. The van der Waals surface area contributed by atoms with Crippen molar-refractivity contribution >= 4 is 11.6 Å². The van der Waals surface area contributed by atoms with Crippen LogP contribution in [0.5, 0.6) is 0 Å². The Kier molecular flexibility index (Phi) is 4.66. The Balaban J connectivity index is 2.96. The van der Waals surface area contributed by atoms with Gasteiger partial charge in [-0.3, -0.25) is 0 Å². The number of nitrogens with one attached hydrogen (secondary N) is 1. The summed E-state index contributed by atoms with van der Waals surface area (Å²) >= 11 is 0. The van der Waals surface area contributed by atoms with Crippen LogP contribution in [0.4, 0.5) is 20.4 Å². The molecule has 0 saturated carbocycles. The van der Waals surface area contributed by atoms with E-state index in [1.807, 2.05) is 0 Å². The lowest BCUT2D eigenvalue weighted by molar-refractivity contribution is 0.538. The molecule has 1 aromatic rings. The largest absolute Gasteiger partial charge is 0.371 e. The van der Waals surface area contributed by atoms with E-state index in [9.17, 15) is 8.78 Å². The molecule has 1 N–H and O–H groups in total. The van der Waals surface area contributed by atoms with Crippen LogP contribution < -0.4 is 10.2 Å². The second-order valence-corrected chi connectivity index (χ2v) is 4.27. The van der Waals surface area contributed by atoms with E-state index in [-0.39, 0.29) is 11.6 Å². The van der Waals surface area contributed by atoms with Crippen molar-refractivity contribution in [1.82, 2.24) is 4.98 Å². The maximum atomic E-state index is 13.6. The van der Waals surface area contributed by atoms with Crippen LogP contribution in [-0.2, 0) is 0 Å². The first kappa shape index (κ1) is 13.7. The summed E-state index contributed by atoms with van der Waals surface area (Å²) in [6.45, 7) is 4.85. The summed E-state index contributed by atoms with van der Waals surface area (Å²) in [7, 11) is 3.32. The second-order valence-electron chi connectivity index (χ2n) is 4.27. The molecule has 96 valence electrons. The number of aromatic nitrogens is 1. The SMILES string of the molecule is CCC(C)CN(C)c1nc(NC)c(F)cc1F. The predicted octanol–water partition coefficient (Wildman–Crippen LogP) is 2.88. The average molecular weight is 243 g/mol. The smallest absolute Gasteiger partial charge is 0.168 e. The number of anilines is 2. The number of nitrogens with zero attached hydrogens (tertiary/aromatic N) is 2. The van der Waals surface area contributed by atoms with Gasteiger partial charge in [0.05, 0.1) is 0 Å². The van der Waals surface area contributed by atoms with Gasteiger partial charge in [-0.25, -0.2) is 13.8 Å². The summed E-state index contributed by atoms with van der Waals surface area (Å²) < 4.78 is 26.8. The summed E-state index contributed by atoms with van der Waals surface area (Å²) in [5, 5.41) is 2.61. The average Bonchev–Trinajstić information content (AvgIpc) is 2.28. The molecule has 0 aromatic carbocycles. The summed E-state index contributed by atoms with van der Waals surface area (Å²) in [4.78, 5) is 5.65. The van der Waals surface area contributed by atoms with Crippen molar-refractivity contribution in [2.24, 2.45) is 5.92 Å². The Bertz CT molecular complexity index is 382. The minimum Gasteiger partial charge on any atom is -0.371 e. The van der Waals surface area contributed by atoms with Gasteiger partial charge in [0.1, 0.15) is 0 Å². The quantitative estimate of drug-likeness (QED) is 0.862. The molecule has 0 aliphatic heterocycles. The molecule has 5 heteroatoms. The van der Waals surface area contributed by atoms with Gasteiger partial charge in [-0.05, 0) is 5.92 Å². The van der Waals surface area contributed by atoms with Crippen LogP contribution >= 0.6 is 0 Å². The van der Waals surface area contributed by atoms with Crippen LogP contribution in [0.1, 0.15) is 20.3 Å². The topological polar surface area (TPSA) is 28.2 Å². The van der Waals surface area contributed by atoms with Crippen molar-refractivity contribution in [3.8, 4) is 0 Å². The fraction of sp³-hybridized carbons (Fsp3) is 0.583.